The Labute approximate surface area is 212 Å². The summed E-state index contributed by atoms with van der Waals surface area (Å²) < 4.78 is 6.47. The predicted molar refractivity (Wildman–Crippen MR) is 134 cm³/mol. The molecule has 0 unspecified atom stereocenters. The average molecular weight is 565 g/mol. The minimum absolute atomic E-state index is 0.00885. The van der Waals surface area contributed by atoms with Crippen molar-refractivity contribution < 1.29 is 14.3 Å². The van der Waals surface area contributed by atoms with E-state index in [1.54, 1.807) is 36.4 Å². The fraction of sp³-hybridized carbons (Fsp3) is 0.391. The zero-order valence-corrected chi connectivity index (χ0v) is 22.0. The molecule has 2 aromatic rings. The molecule has 2 atom stereocenters. The molecule has 0 fully saturated rings. The van der Waals surface area contributed by atoms with Crippen molar-refractivity contribution in [3.8, 4) is 5.75 Å². The van der Waals surface area contributed by atoms with Crippen molar-refractivity contribution in [3.63, 3.8) is 0 Å². The smallest absolute Gasteiger partial charge is 0.261 e. The summed E-state index contributed by atoms with van der Waals surface area (Å²) in [5.41, 5.74) is 0.681. The van der Waals surface area contributed by atoms with Crippen LogP contribution in [0.4, 0.5) is 0 Å². The molecule has 5 nitrogen and oxygen atoms in total. The van der Waals surface area contributed by atoms with Crippen LogP contribution >= 0.6 is 50.7 Å². The molecule has 0 aromatic heterocycles. The van der Waals surface area contributed by atoms with Crippen LogP contribution < -0.4 is 10.1 Å². The molecule has 32 heavy (non-hydrogen) atoms. The van der Waals surface area contributed by atoms with Crippen LogP contribution in [-0.4, -0.2) is 35.4 Å². The summed E-state index contributed by atoms with van der Waals surface area (Å²) in [6, 6.07) is 9.48. The number of rotatable bonds is 10. The molecular formula is C23H26BrCl3N2O3. The Morgan fingerprint density at radius 2 is 1.78 bits per heavy atom. The maximum absolute atomic E-state index is 13.2. The number of nitrogens with one attached hydrogen (secondary N) is 1. The van der Waals surface area contributed by atoms with E-state index in [0.29, 0.717) is 32.8 Å². The third-order valence-corrected chi connectivity index (χ3v) is 6.36. The zero-order chi connectivity index (χ0) is 23.8. The second kappa shape index (κ2) is 12.7. The third kappa shape index (κ3) is 7.55. The lowest BCUT2D eigenvalue weighted by Gasteiger charge is -2.31. The number of amides is 2. The molecule has 0 heterocycles. The van der Waals surface area contributed by atoms with Crippen LogP contribution in [0.2, 0.25) is 15.1 Å². The van der Waals surface area contributed by atoms with E-state index in [2.05, 4.69) is 21.2 Å². The molecule has 0 spiro atoms. The second-order valence-electron chi connectivity index (χ2n) is 7.36. The molecular weight excluding hydrogens is 539 g/mol. The van der Waals surface area contributed by atoms with Gasteiger partial charge in [0.15, 0.2) is 6.61 Å². The van der Waals surface area contributed by atoms with Gasteiger partial charge in [0.25, 0.3) is 5.91 Å². The first-order chi connectivity index (χ1) is 15.2. The Balaban J connectivity index is 2.28. The van der Waals surface area contributed by atoms with E-state index in [-0.39, 0.29) is 31.0 Å². The summed E-state index contributed by atoms with van der Waals surface area (Å²) in [5.74, 6) is -0.201. The summed E-state index contributed by atoms with van der Waals surface area (Å²) in [7, 11) is 0. The van der Waals surface area contributed by atoms with Crippen LogP contribution in [0.3, 0.4) is 0 Å². The predicted octanol–water partition coefficient (Wildman–Crippen LogP) is 6.51. The Morgan fingerprint density at radius 3 is 2.38 bits per heavy atom. The molecule has 2 aromatic carbocycles. The molecule has 0 bridgehead atoms. The highest BCUT2D eigenvalue weighted by Gasteiger charge is 2.30. The molecule has 174 valence electrons. The lowest BCUT2D eigenvalue weighted by Crippen LogP contribution is -2.51. The van der Waals surface area contributed by atoms with Crippen LogP contribution in [0.5, 0.6) is 5.75 Å². The maximum Gasteiger partial charge on any atom is 0.261 e. The highest BCUT2D eigenvalue weighted by atomic mass is 79.9. The number of nitrogens with zero attached hydrogens (tertiary/aromatic N) is 1. The number of halogens is 4. The molecule has 0 aliphatic rings. The van der Waals surface area contributed by atoms with Gasteiger partial charge in [0.05, 0.1) is 5.02 Å². The highest BCUT2D eigenvalue weighted by Crippen LogP contribution is 2.28. The molecule has 0 radical (unpaired) electrons. The minimum Gasteiger partial charge on any atom is -0.482 e. The van der Waals surface area contributed by atoms with E-state index in [4.69, 9.17) is 39.5 Å². The third-order valence-electron chi connectivity index (χ3n) is 4.99. The molecule has 2 amide bonds. The van der Waals surface area contributed by atoms with Gasteiger partial charge in [-0.25, -0.2) is 0 Å². The molecule has 2 rings (SSSR count). The molecule has 1 N–H and O–H groups in total. The minimum atomic E-state index is -0.688. The van der Waals surface area contributed by atoms with Gasteiger partial charge in [-0.05, 0) is 55.7 Å². The van der Waals surface area contributed by atoms with Gasteiger partial charge in [-0.1, -0.05) is 70.6 Å². The first kappa shape index (κ1) is 26.8. The number of benzene rings is 2. The zero-order valence-electron chi connectivity index (χ0n) is 18.1. The van der Waals surface area contributed by atoms with Gasteiger partial charge >= 0.3 is 0 Å². The summed E-state index contributed by atoms with van der Waals surface area (Å²) in [6.45, 7) is 5.62. The highest BCUT2D eigenvalue weighted by molar-refractivity contribution is 9.10. The topological polar surface area (TPSA) is 58.6 Å². The van der Waals surface area contributed by atoms with Crippen molar-refractivity contribution in [2.24, 2.45) is 0 Å². The molecule has 0 saturated carbocycles. The first-order valence-electron chi connectivity index (χ1n) is 10.3. The monoisotopic (exact) mass is 562 g/mol. The number of hydrogen-bond acceptors (Lipinski definition) is 3. The van der Waals surface area contributed by atoms with Gasteiger partial charge in [0.2, 0.25) is 5.91 Å². The average Bonchev–Trinajstić information content (AvgIpc) is 2.74. The van der Waals surface area contributed by atoms with E-state index in [1.165, 1.54) is 4.90 Å². The van der Waals surface area contributed by atoms with Gasteiger partial charge in [0, 0.05) is 27.1 Å². The van der Waals surface area contributed by atoms with Crippen molar-refractivity contribution in [2.75, 3.05) is 6.61 Å². The summed E-state index contributed by atoms with van der Waals surface area (Å²) in [5, 5.41) is 4.25. The summed E-state index contributed by atoms with van der Waals surface area (Å²) >= 11 is 21.9. The molecule has 0 aliphatic heterocycles. The van der Waals surface area contributed by atoms with E-state index in [9.17, 15) is 9.59 Å². The van der Waals surface area contributed by atoms with E-state index < -0.39 is 6.04 Å². The van der Waals surface area contributed by atoms with Crippen LogP contribution in [0.1, 0.15) is 39.2 Å². The van der Waals surface area contributed by atoms with Crippen LogP contribution in [0.25, 0.3) is 0 Å². The fourth-order valence-electron chi connectivity index (χ4n) is 3.01. The Kier molecular flexibility index (Phi) is 10.6. The normalized spacial score (nSPS) is 12.7. The quantitative estimate of drug-likeness (QED) is 0.358. The fourth-order valence-corrected chi connectivity index (χ4v) is 4.20. The molecule has 0 aliphatic carbocycles. The van der Waals surface area contributed by atoms with Crippen molar-refractivity contribution in [2.45, 2.75) is 52.2 Å². The Hall–Kier alpha value is -1.47. The Morgan fingerprint density at radius 1 is 1.06 bits per heavy atom. The first-order valence-corrected chi connectivity index (χ1v) is 12.2. The van der Waals surface area contributed by atoms with Gasteiger partial charge < -0.3 is 15.0 Å². The van der Waals surface area contributed by atoms with Crippen LogP contribution in [0, 0.1) is 0 Å². The van der Waals surface area contributed by atoms with E-state index >= 15 is 0 Å². The van der Waals surface area contributed by atoms with Gasteiger partial charge in [-0.15, -0.1) is 0 Å². The van der Waals surface area contributed by atoms with Crippen molar-refractivity contribution >= 4 is 62.5 Å². The van der Waals surface area contributed by atoms with Crippen molar-refractivity contribution in [3.05, 3.63) is 61.5 Å². The SMILES string of the molecule is CC[C@@H](C)NC(=O)[C@@H](CC)N(Cc1ccc(Cl)cc1Cl)C(=O)COc1ccc(Br)cc1Cl. The summed E-state index contributed by atoms with van der Waals surface area (Å²) in [4.78, 5) is 27.7. The van der Waals surface area contributed by atoms with E-state index in [1.807, 2.05) is 20.8 Å². The van der Waals surface area contributed by atoms with Crippen LogP contribution in [0.15, 0.2) is 40.9 Å². The number of ether oxygens (including phenoxy) is 1. The van der Waals surface area contributed by atoms with Gasteiger partial charge in [-0.2, -0.15) is 0 Å². The molecule has 9 heteroatoms. The Bertz CT molecular complexity index is 958. The lowest BCUT2D eigenvalue weighted by atomic mass is 10.1. The standard InChI is InChI=1S/C23H26BrCl3N2O3/c1-4-14(3)28-23(31)20(5-2)29(12-15-6-8-17(25)11-18(15)26)22(30)13-32-21-9-7-16(24)10-19(21)27/h6-11,14,20H,4-5,12-13H2,1-3H3,(H,28,31)/t14-,20-/m1/s1. The number of carbonyl (C=O) groups excluding carboxylic acids is 2. The van der Waals surface area contributed by atoms with Gasteiger partial charge in [-0.3, -0.25) is 9.59 Å². The second-order valence-corrected chi connectivity index (χ2v) is 9.53. The van der Waals surface area contributed by atoms with Crippen LogP contribution in [-0.2, 0) is 16.1 Å². The van der Waals surface area contributed by atoms with Gasteiger partial charge in [0.1, 0.15) is 11.8 Å². The lowest BCUT2D eigenvalue weighted by molar-refractivity contribution is -0.143. The largest absolute Gasteiger partial charge is 0.482 e. The van der Waals surface area contributed by atoms with Crippen molar-refractivity contribution in [1.82, 2.24) is 10.2 Å². The summed E-state index contributed by atoms with van der Waals surface area (Å²) in [6.07, 6.45) is 1.21. The maximum atomic E-state index is 13.2. The van der Waals surface area contributed by atoms with E-state index in [0.717, 1.165) is 10.9 Å². The number of hydrogen-bond donors (Lipinski definition) is 1. The molecule has 0 saturated heterocycles. The number of carbonyl (C=O) groups is 2. The van der Waals surface area contributed by atoms with Crippen molar-refractivity contribution in [1.29, 1.82) is 0 Å².